The average Bonchev–Trinajstić information content (AvgIpc) is 2.82. The Morgan fingerprint density at radius 3 is 3.06 bits per heavy atom. The Hall–Kier alpha value is -1.86. The fourth-order valence-electron chi connectivity index (χ4n) is 1.58. The van der Waals surface area contributed by atoms with Gasteiger partial charge in [0.1, 0.15) is 0 Å². The molecule has 0 amide bonds. The molecule has 0 aliphatic rings. The largest absolute Gasteiger partial charge is 0.377 e. The van der Waals surface area contributed by atoms with Crippen LogP contribution in [-0.4, -0.2) is 33.6 Å². The lowest BCUT2D eigenvalue weighted by Crippen LogP contribution is -2.16. The van der Waals surface area contributed by atoms with E-state index in [9.17, 15) is 0 Å². The Morgan fingerprint density at radius 2 is 2.33 bits per heavy atom. The number of anilines is 2. The molecule has 7 nitrogen and oxygen atoms in total. The Morgan fingerprint density at radius 1 is 1.50 bits per heavy atom. The van der Waals surface area contributed by atoms with E-state index in [1.807, 2.05) is 24.4 Å². The van der Waals surface area contributed by atoms with E-state index in [1.54, 1.807) is 12.4 Å². The zero-order valence-electron chi connectivity index (χ0n) is 10.6. The first-order valence-electron chi connectivity index (χ1n) is 5.86. The SMILES string of the molecule is CC(C)OCCNc1nc(NN)cn2ccnc12. The summed E-state index contributed by atoms with van der Waals surface area (Å²) in [5.74, 6) is 6.63. The van der Waals surface area contributed by atoms with Crippen LogP contribution in [0.4, 0.5) is 11.6 Å². The first kappa shape index (κ1) is 12.6. The molecule has 98 valence electrons. The van der Waals surface area contributed by atoms with Crippen LogP contribution in [0.2, 0.25) is 0 Å². The summed E-state index contributed by atoms with van der Waals surface area (Å²) in [5, 5.41) is 3.19. The van der Waals surface area contributed by atoms with Crippen LogP contribution in [0.3, 0.4) is 0 Å². The van der Waals surface area contributed by atoms with Crippen LogP contribution in [0.5, 0.6) is 0 Å². The van der Waals surface area contributed by atoms with E-state index in [0.29, 0.717) is 24.8 Å². The van der Waals surface area contributed by atoms with Crippen molar-refractivity contribution < 1.29 is 4.74 Å². The number of nitrogens with zero attached hydrogens (tertiary/aromatic N) is 3. The molecule has 2 aromatic heterocycles. The van der Waals surface area contributed by atoms with Crippen molar-refractivity contribution in [3.8, 4) is 0 Å². The van der Waals surface area contributed by atoms with Crippen molar-refractivity contribution in [1.82, 2.24) is 14.4 Å². The lowest BCUT2D eigenvalue weighted by atomic mass is 10.5. The van der Waals surface area contributed by atoms with Crippen LogP contribution in [-0.2, 0) is 4.74 Å². The maximum atomic E-state index is 5.46. The highest BCUT2D eigenvalue weighted by Gasteiger charge is 2.06. The molecule has 2 rings (SSSR count). The van der Waals surface area contributed by atoms with Gasteiger partial charge in [0.25, 0.3) is 0 Å². The lowest BCUT2D eigenvalue weighted by molar-refractivity contribution is 0.0870. The van der Waals surface area contributed by atoms with E-state index in [2.05, 4.69) is 20.7 Å². The molecule has 0 saturated carbocycles. The number of nitrogens with one attached hydrogen (secondary N) is 2. The Balaban J connectivity index is 2.08. The van der Waals surface area contributed by atoms with Gasteiger partial charge in [-0.1, -0.05) is 0 Å². The second-order valence-corrected chi connectivity index (χ2v) is 4.12. The summed E-state index contributed by atoms with van der Waals surface area (Å²) in [6, 6.07) is 0. The van der Waals surface area contributed by atoms with Crippen LogP contribution in [0.25, 0.3) is 5.65 Å². The van der Waals surface area contributed by atoms with E-state index in [4.69, 9.17) is 10.6 Å². The van der Waals surface area contributed by atoms with Gasteiger partial charge in [-0.3, -0.25) is 0 Å². The van der Waals surface area contributed by atoms with Crippen molar-refractivity contribution in [3.63, 3.8) is 0 Å². The predicted molar refractivity (Wildman–Crippen MR) is 70.4 cm³/mol. The number of nitrogen functional groups attached to an aromatic ring is 1. The van der Waals surface area contributed by atoms with Gasteiger partial charge >= 0.3 is 0 Å². The van der Waals surface area contributed by atoms with Gasteiger partial charge in [0.15, 0.2) is 17.3 Å². The lowest BCUT2D eigenvalue weighted by Gasteiger charge is -2.10. The van der Waals surface area contributed by atoms with Crippen LogP contribution >= 0.6 is 0 Å². The number of nitrogens with two attached hydrogens (primary N) is 1. The van der Waals surface area contributed by atoms with E-state index >= 15 is 0 Å². The molecule has 0 saturated heterocycles. The van der Waals surface area contributed by atoms with E-state index in [1.165, 1.54) is 0 Å². The Kier molecular flexibility index (Phi) is 3.96. The fourth-order valence-corrected chi connectivity index (χ4v) is 1.58. The van der Waals surface area contributed by atoms with Gasteiger partial charge in [-0.05, 0) is 13.8 Å². The van der Waals surface area contributed by atoms with Crippen LogP contribution in [0.1, 0.15) is 13.8 Å². The molecule has 0 fully saturated rings. The van der Waals surface area contributed by atoms with E-state index in [-0.39, 0.29) is 6.10 Å². The molecular formula is C11H18N6O. The third-order valence-electron chi connectivity index (χ3n) is 2.37. The van der Waals surface area contributed by atoms with Crippen molar-refractivity contribution in [2.24, 2.45) is 5.84 Å². The van der Waals surface area contributed by atoms with Gasteiger partial charge in [-0.2, -0.15) is 0 Å². The predicted octanol–water partition coefficient (Wildman–Crippen LogP) is 0.852. The molecule has 0 radical (unpaired) electrons. The summed E-state index contributed by atoms with van der Waals surface area (Å²) in [5.41, 5.74) is 3.29. The third kappa shape index (κ3) is 2.88. The Bertz CT molecular complexity index is 509. The van der Waals surface area contributed by atoms with Crippen molar-refractivity contribution >= 4 is 17.3 Å². The maximum absolute atomic E-state index is 5.46. The molecule has 2 aromatic rings. The summed E-state index contributed by atoms with van der Waals surface area (Å²) >= 11 is 0. The molecule has 0 bridgehead atoms. The molecule has 0 spiro atoms. The van der Waals surface area contributed by atoms with Gasteiger partial charge in [0.05, 0.1) is 18.9 Å². The smallest absolute Gasteiger partial charge is 0.180 e. The number of hydrogen-bond donors (Lipinski definition) is 3. The number of fused-ring (bicyclic) bond motifs is 1. The van der Waals surface area contributed by atoms with Gasteiger partial charge in [0.2, 0.25) is 0 Å². The van der Waals surface area contributed by atoms with Crippen LogP contribution in [0.15, 0.2) is 18.6 Å². The van der Waals surface area contributed by atoms with Crippen molar-refractivity contribution in [2.75, 3.05) is 23.9 Å². The number of hydrazine groups is 1. The molecule has 0 aromatic carbocycles. The molecule has 4 N–H and O–H groups in total. The van der Waals surface area contributed by atoms with Gasteiger partial charge in [0, 0.05) is 18.9 Å². The maximum Gasteiger partial charge on any atom is 0.180 e. The molecular weight excluding hydrogens is 232 g/mol. The standard InChI is InChI=1S/C11H18N6O/c1-8(2)18-6-4-13-10-11-14-3-5-17(11)7-9(15-10)16-12/h3,5,7-8,16H,4,6,12H2,1-2H3,(H,13,15). The van der Waals surface area contributed by atoms with Gasteiger partial charge in [-0.25, -0.2) is 15.8 Å². The highest BCUT2D eigenvalue weighted by molar-refractivity contribution is 5.65. The minimum Gasteiger partial charge on any atom is -0.377 e. The number of imidazole rings is 1. The third-order valence-corrected chi connectivity index (χ3v) is 2.37. The average molecular weight is 250 g/mol. The quantitative estimate of drug-likeness (QED) is 0.400. The fraction of sp³-hybridized carbons (Fsp3) is 0.455. The second-order valence-electron chi connectivity index (χ2n) is 4.12. The molecule has 0 atom stereocenters. The van der Waals surface area contributed by atoms with Gasteiger partial charge < -0.3 is 19.9 Å². The first-order valence-corrected chi connectivity index (χ1v) is 5.86. The molecule has 7 heteroatoms. The number of aromatic nitrogens is 3. The molecule has 0 aliphatic carbocycles. The van der Waals surface area contributed by atoms with Crippen molar-refractivity contribution in [2.45, 2.75) is 20.0 Å². The summed E-state index contributed by atoms with van der Waals surface area (Å²) < 4.78 is 7.31. The topological polar surface area (TPSA) is 89.5 Å². The number of rotatable bonds is 6. The van der Waals surface area contributed by atoms with Crippen LogP contribution < -0.4 is 16.6 Å². The minimum atomic E-state index is 0.225. The molecule has 2 heterocycles. The monoisotopic (exact) mass is 250 g/mol. The number of hydrogen-bond acceptors (Lipinski definition) is 6. The van der Waals surface area contributed by atoms with E-state index < -0.39 is 0 Å². The summed E-state index contributed by atoms with van der Waals surface area (Å²) in [4.78, 5) is 8.56. The summed E-state index contributed by atoms with van der Waals surface area (Å²) in [6.45, 7) is 5.29. The highest BCUT2D eigenvalue weighted by Crippen LogP contribution is 2.15. The number of ether oxygens (including phenoxy) is 1. The normalized spacial score (nSPS) is 11.1. The molecule has 0 unspecified atom stereocenters. The highest BCUT2D eigenvalue weighted by atomic mass is 16.5. The van der Waals surface area contributed by atoms with Crippen molar-refractivity contribution in [1.29, 1.82) is 0 Å². The van der Waals surface area contributed by atoms with Gasteiger partial charge in [-0.15, -0.1) is 0 Å². The van der Waals surface area contributed by atoms with E-state index in [0.717, 1.165) is 5.65 Å². The van der Waals surface area contributed by atoms with Crippen molar-refractivity contribution in [3.05, 3.63) is 18.6 Å². The minimum absolute atomic E-state index is 0.225. The Labute approximate surface area is 105 Å². The second kappa shape index (κ2) is 5.65. The summed E-state index contributed by atoms with van der Waals surface area (Å²) in [6.07, 6.45) is 5.56. The zero-order valence-corrected chi connectivity index (χ0v) is 10.6. The molecule has 0 aliphatic heterocycles. The molecule has 18 heavy (non-hydrogen) atoms. The summed E-state index contributed by atoms with van der Waals surface area (Å²) in [7, 11) is 0. The van der Waals surface area contributed by atoms with Crippen LogP contribution in [0, 0.1) is 0 Å². The zero-order chi connectivity index (χ0) is 13.0. The first-order chi connectivity index (χ1) is 8.70.